The molecule has 1 aliphatic rings. The predicted octanol–water partition coefficient (Wildman–Crippen LogP) is 2.80. The van der Waals surface area contributed by atoms with Crippen LogP contribution in [0.3, 0.4) is 0 Å². The first-order chi connectivity index (χ1) is 11.9. The fourth-order valence-electron chi connectivity index (χ4n) is 3.20. The van der Waals surface area contributed by atoms with Crippen LogP contribution in [0.15, 0.2) is 54.6 Å². The summed E-state index contributed by atoms with van der Waals surface area (Å²) in [6.07, 6.45) is 3.76. The highest BCUT2D eigenvalue weighted by atomic mass is 32.2. The van der Waals surface area contributed by atoms with Crippen molar-refractivity contribution in [1.29, 1.82) is 0 Å². The Morgan fingerprint density at radius 1 is 1.04 bits per heavy atom. The molecule has 132 valence electrons. The van der Waals surface area contributed by atoms with Gasteiger partial charge in [-0.05, 0) is 36.1 Å². The number of sulfonamides is 1. The maximum Gasteiger partial charge on any atom is 0.230 e. The Morgan fingerprint density at radius 3 is 2.20 bits per heavy atom. The Hall–Kier alpha value is -2.34. The van der Waals surface area contributed by atoms with Crippen LogP contribution in [-0.2, 0) is 26.8 Å². The Kier molecular flexibility index (Phi) is 4.81. The van der Waals surface area contributed by atoms with Gasteiger partial charge in [0.2, 0.25) is 15.9 Å². The Labute approximate surface area is 148 Å². The van der Waals surface area contributed by atoms with Gasteiger partial charge in [0.15, 0.2) is 0 Å². The van der Waals surface area contributed by atoms with Crippen molar-refractivity contribution in [3.05, 3.63) is 65.7 Å². The summed E-state index contributed by atoms with van der Waals surface area (Å²) in [4.78, 5) is 12.8. The molecule has 1 saturated carbocycles. The molecule has 2 aromatic rings. The van der Waals surface area contributed by atoms with Crippen molar-refractivity contribution < 1.29 is 13.2 Å². The fourth-order valence-corrected chi connectivity index (χ4v) is 3.76. The minimum absolute atomic E-state index is 0.0337. The maximum atomic E-state index is 12.8. The number of amides is 1. The van der Waals surface area contributed by atoms with Crippen LogP contribution in [0.5, 0.6) is 0 Å². The van der Waals surface area contributed by atoms with E-state index in [0.29, 0.717) is 12.2 Å². The van der Waals surface area contributed by atoms with Gasteiger partial charge in [0, 0.05) is 12.2 Å². The summed E-state index contributed by atoms with van der Waals surface area (Å²) in [6, 6.07) is 16.9. The summed E-state index contributed by atoms with van der Waals surface area (Å²) in [5.41, 5.74) is 2.00. The molecular formula is C19H22N2O3S. The monoisotopic (exact) mass is 358 g/mol. The van der Waals surface area contributed by atoms with E-state index in [0.717, 1.165) is 36.6 Å². The second-order valence-electron chi connectivity index (χ2n) is 6.56. The number of carbonyl (C=O) groups excluding carboxylic acids is 1. The van der Waals surface area contributed by atoms with Crippen LogP contribution in [0.1, 0.15) is 30.4 Å². The highest BCUT2D eigenvalue weighted by Gasteiger charge is 2.45. The van der Waals surface area contributed by atoms with E-state index in [1.807, 2.05) is 42.5 Å². The molecule has 0 spiro atoms. The zero-order chi connectivity index (χ0) is 17.9. The van der Waals surface area contributed by atoms with Crippen molar-refractivity contribution in [2.24, 2.45) is 0 Å². The highest BCUT2D eigenvalue weighted by molar-refractivity contribution is 7.92. The van der Waals surface area contributed by atoms with Gasteiger partial charge < -0.3 is 5.32 Å². The van der Waals surface area contributed by atoms with Crippen LogP contribution in [0.4, 0.5) is 5.69 Å². The first kappa shape index (κ1) is 17.5. The largest absolute Gasteiger partial charge is 0.351 e. The third-order valence-corrected chi connectivity index (χ3v) is 5.28. The van der Waals surface area contributed by atoms with Gasteiger partial charge in [-0.25, -0.2) is 8.42 Å². The molecule has 0 bridgehead atoms. The predicted molar refractivity (Wildman–Crippen MR) is 98.7 cm³/mol. The van der Waals surface area contributed by atoms with Gasteiger partial charge in [0.05, 0.1) is 11.7 Å². The third kappa shape index (κ3) is 4.02. The molecule has 1 fully saturated rings. The first-order valence-electron chi connectivity index (χ1n) is 8.30. The van der Waals surface area contributed by atoms with Gasteiger partial charge in [0.25, 0.3) is 0 Å². The van der Waals surface area contributed by atoms with Gasteiger partial charge >= 0.3 is 0 Å². The first-order valence-corrected chi connectivity index (χ1v) is 10.2. The molecule has 0 atom stereocenters. The molecule has 0 aromatic heterocycles. The zero-order valence-electron chi connectivity index (χ0n) is 14.2. The van der Waals surface area contributed by atoms with Crippen LogP contribution in [0.2, 0.25) is 0 Å². The average Bonchev–Trinajstić information content (AvgIpc) is 2.53. The molecular weight excluding hydrogens is 336 g/mol. The number of anilines is 1. The van der Waals surface area contributed by atoms with Crippen LogP contribution in [-0.4, -0.2) is 20.6 Å². The third-order valence-electron chi connectivity index (χ3n) is 4.68. The van der Waals surface area contributed by atoms with Gasteiger partial charge in [-0.3, -0.25) is 9.52 Å². The van der Waals surface area contributed by atoms with E-state index in [2.05, 4.69) is 10.0 Å². The molecule has 25 heavy (non-hydrogen) atoms. The minimum Gasteiger partial charge on any atom is -0.351 e. The van der Waals surface area contributed by atoms with E-state index in [4.69, 9.17) is 0 Å². The summed E-state index contributed by atoms with van der Waals surface area (Å²) >= 11 is 0. The molecule has 2 aromatic carbocycles. The van der Waals surface area contributed by atoms with Crippen LogP contribution in [0.25, 0.3) is 0 Å². The van der Waals surface area contributed by atoms with Crippen LogP contribution >= 0.6 is 0 Å². The lowest BCUT2D eigenvalue weighted by Crippen LogP contribution is -2.48. The molecule has 0 radical (unpaired) electrons. The molecule has 2 N–H and O–H groups in total. The van der Waals surface area contributed by atoms with Crippen molar-refractivity contribution in [2.75, 3.05) is 11.0 Å². The Morgan fingerprint density at radius 2 is 1.68 bits per heavy atom. The van der Waals surface area contributed by atoms with Gasteiger partial charge in [-0.2, -0.15) is 0 Å². The molecule has 0 aliphatic heterocycles. The van der Waals surface area contributed by atoms with Crippen LogP contribution in [0, 0.1) is 0 Å². The standard InChI is InChI=1S/C19H22N2O3S/c1-25(23,24)21-17-10-8-16(9-11-17)19(12-5-13-19)18(22)20-14-15-6-3-2-4-7-15/h2-4,6-11,21H,5,12-14H2,1H3,(H,20,22). The highest BCUT2D eigenvalue weighted by Crippen LogP contribution is 2.44. The van der Waals surface area contributed by atoms with Crippen molar-refractivity contribution >= 4 is 21.6 Å². The number of hydrogen-bond acceptors (Lipinski definition) is 3. The lowest BCUT2D eigenvalue weighted by molar-refractivity contribution is -0.130. The maximum absolute atomic E-state index is 12.8. The van der Waals surface area contributed by atoms with E-state index < -0.39 is 15.4 Å². The minimum atomic E-state index is -3.30. The summed E-state index contributed by atoms with van der Waals surface area (Å²) in [5.74, 6) is 0.0337. The normalized spacial score (nSPS) is 15.9. The van der Waals surface area contributed by atoms with Gasteiger partial charge in [0.1, 0.15) is 0 Å². The zero-order valence-corrected chi connectivity index (χ0v) is 15.0. The summed E-state index contributed by atoms with van der Waals surface area (Å²) in [6.45, 7) is 0.509. The molecule has 0 unspecified atom stereocenters. The van der Waals surface area contributed by atoms with Crippen LogP contribution < -0.4 is 10.0 Å². The number of carbonyl (C=O) groups is 1. The van der Waals surface area contributed by atoms with E-state index >= 15 is 0 Å². The number of benzene rings is 2. The molecule has 1 aliphatic carbocycles. The molecule has 0 heterocycles. The lowest BCUT2D eigenvalue weighted by atomic mass is 9.63. The molecule has 0 saturated heterocycles. The summed E-state index contributed by atoms with van der Waals surface area (Å²) in [7, 11) is -3.30. The summed E-state index contributed by atoms with van der Waals surface area (Å²) in [5, 5.41) is 3.04. The topological polar surface area (TPSA) is 75.3 Å². The number of nitrogens with one attached hydrogen (secondary N) is 2. The molecule has 1 amide bonds. The van der Waals surface area contributed by atoms with E-state index in [-0.39, 0.29) is 5.91 Å². The van der Waals surface area contributed by atoms with Crippen molar-refractivity contribution in [3.8, 4) is 0 Å². The molecule has 6 heteroatoms. The van der Waals surface area contributed by atoms with Gasteiger partial charge in [-0.15, -0.1) is 0 Å². The Balaban J connectivity index is 1.72. The van der Waals surface area contributed by atoms with E-state index in [1.165, 1.54) is 0 Å². The lowest BCUT2D eigenvalue weighted by Gasteiger charge is -2.40. The second kappa shape index (κ2) is 6.88. The average molecular weight is 358 g/mol. The molecule has 3 rings (SSSR count). The van der Waals surface area contributed by atoms with Gasteiger partial charge in [-0.1, -0.05) is 48.9 Å². The van der Waals surface area contributed by atoms with E-state index in [9.17, 15) is 13.2 Å². The van der Waals surface area contributed by atoms with Crippen molar-refractivity contribution in [2.45, 2.75) is 31.2 Å². The van der Waals surface area contributed by atoms with E-state index in [1.54, 1.807) is 12.1 Å². The Bertz CT molecular complexity index is 842. The quantitative estimate of drug-likeness (QED) is 0.834. The second-order valence-corrected chi connectivity index (χ2v) is 8.30. The smallest absolute Gasteiger partial charge is 0.230 e. The molecule has 5 nitrogen and oxygen atoms in total. The van der Waals surface area contributed by atoms with Crippen molar-refractivity contribution in [1.82, 2.24) is 5.32 Å². The summed E-state index contributed by atoms with van der Waals surface area (Å²) < 4.78 is 25.0. The SMILES string of the molecule is CS(=O)(=O)Nc1ccc(C2(C(=O)NCc3ccccc3)CCC2)cc1. The van der Waals surface area contributed by atoms with Crippen molar-refractivity contribution in [3.63, 3.8) is 0 Å². The number of rotatable bonds is 6. The fraction of sp³-hybridized carbons (Fsp3) is 0.316. The number of hydrogen-bond donors (Lipinski definition) is 2.